The van der Waals surface area contributed by atoms with Gasteiger partial charge in [-0.3, -0.25) is 0 Å². The standard InChI is InChI=1S/C13H18FNO.ClH/c1-8-5-6-11(14)10(7-8)12(15)13(16)9-3-2-4-9;/h5-7,9,12-13,16H,2-4,15H2,1H3;1H/t12-,13+;/m0./s1. The van der Waals surface area contributed by atoms with E-state index in [1.165, 1.54) is 6.07 Å². The quantitative estimate of drug-likeness (QED) is 0.877. The van der Waals surface area contributed by atoms with Gasteiger partial charge in [0.2, 0.25) is 0 Å². The molecule has 1 aromatic rings. The van der Waals surface area contributed by atoms with Crippen LogP contribution < -0.4 is 5.73 Å². The monoisotopic (exact) mass is 259 g/mol. The first-order valence-electron chi connectivity index (χ1n) is 5.79. The van der Waals surface area contributed by atoms with Crippen molar-refractivity contribution in [2.45, 2.75) is 38.3 Å². The van der Waals surface area contributed by atoms with Crippen molar-refractivity contribution < 1.29 is 9.50 Å². The van der Waals surface area contributed by atoms with E-state index in [-0.39, 0.29) is 24.1 Å². The van der Waals surface area contributed by atoms with Crippen LogP contribution >= 0.6 is 12.4 Å². The number of aryl methyl sites for hydroxylation is 1. The summed E-state index contributed by atoms with van der Waals surface area (Å²) in [6, 6.07) is 4.24. The summed E-state index contributed by atoms with van der Waals surface area (Å²) in [5.41, 5.74) is 7.32. The van der Waals surface area contributed by atoms with Crippen molar-refractivity contribution >= 4 is 12.4 Å². The molecule has 2 rings (SSSR count). The van der Waals surface area contributed by atoms with Gasteiger partial charge in [0.1, 0.15) is 5.82 Å². The largest absolute Gasteiger partial charge is 0.391 e. The highest BCUT2D eigenvalue weighted by molar-refractivity contribution is 5.85. The van der Waals surface area contributed by atoms with Gasteiger partial charge in [-0.25, -0.2) is 4.39 Å². The van der Waals surface area contributed by atoms with E-state index in [0.717, 1.165) is 24.8 Å². The lowest BCUT2D eigenvalue weighted by atomic mass is 9.77. The Bertz CT molecular complexity index is 382. The summed E-state index contributed by atoms with van der Waals surface area (Å²) in [4.78, 5) is 0. The lowest BCUT2D eigenvalue weighted by molar-refractivity contribution is 0.0404. The molecule has 3 N–H and O–H groups in total. The number of aliphatic hydroxyl groups excluding tert-OH is 1. The number of benzene rings is 1. The van der Waals surface area contributed by atoms with E-state index in [0.29, 0.717) is 5.56 Å². The smallest absolute Gasteiger partial charge is 0.128 e. The predicted molar refractivity (Wildman–Crippen MR) is 68.7 cm³/mol. The summed E-state index contributed by atoms with van der Waals surface area (Å²) < 4.78 is 13.6. The Balaban J connectivity index is 0.00000144. The van der Waals surface area contributed by atoms with Crippen LogP contribution in [0.3, 0.4) is 0 Å². The molecule has 2 nitrogen and oxygen atoms in total. The topological polar surface area (TPSA) is 46.2 Å². The van der Waals surface area contributed by atoms with Crippen LogP contribution in [0.5, 0.6) is 0 Å². The van der Waals surface area contributed by atoms with E-state index in [9.17, 15) is 9.50 Å². The molecule has 2 atom stereocenters. The van der Waals surface area contributed by atoms with Crippen molar-refractivity contribution in [2.24, 2.45) is 11.7 Å². The van der Waals surface area contributed by atoms with Crippen LogP contribution in [0, 0.1) is 18.7 Å². The van der Waals surface area contributed by atoms with Crippen LogP contribution in [0.4, 0.5) is 4.39 Å². The van der Waals surface area contributed by atoms with Crippen LogP contribution in [-0.2, 0) is 0 Å². The maximum Gasteiger partial charge on any atom is 0.128 e. The third kappa shape index (κ3) is 2.97. The highest BCUT2D eigenvalue weighted by Crippen LogP contribution is 2.34. The van der Waals surface area contributed by atoms with E-state index in [1.54, 1.807) is 12.1 Å². The third-order valence-corrected chi connectivity index (χ3v) is 3.51. The van der Waals surface area contributed by atoms with Crippen molar-refractivity contribution in [3.8, 4) is 0 Å². The number of halogens is 2. The fraction of sp³-hybridized carbons (Fsp3) is 0.538. The first-order chi connectivity index (χ1) is 7.59. The number of hydrogen-bond acceptors (Lipinski definition) is 2. The van der Waals surface area contributed by atoms with E-state index >= 15 is 0 Å². The second kappa shape index (κ2) is 5.80. The minimum Gasteiger partial charge on any atom is -0.391 e. The zero-order chi connectivity index (χ0) is 11.7. The van der Waals surface area contributed by atoms with Gasteiger partial charge < -0.3 is 10.8 Å². The van der Waals surface area contributed by atoms with E-state index in [1.807, 2.05) is 6.92 Å². The number of nitrogens with two attached hydrogens (primary N) is 1. The van der Waals surface area contributed by atoms with E-state index < -0.39 is 12.1 Å². The lowest BCUT2D eigenvalue weighted by Gasteiger charge is -2.34. The van der Waals surface area contributed by atoms with Gasteiger partial charge in [-0.15, -0.1) is 12.4 Å². The van der Waals surface area contributed by atoms with Crippen molar-refractivity contribution in [3.63, 3.8) is 0 Å². The molecular formula is C13H19ClFNO. The molecule has 0 amide bonds. The molecule has 4 heteroatoms. The molecule has 0 heterocycles. The van der Waals surface area contributed by atoms with Crippen LogP contribution in [0.1, 0.15) is 36.4 Å². The first kappa shape index (κ1) is 14.4. The van der Waals surface area contributed by atoms with Gasteiger partial charge in [0.05, 0.1) is 12.1 Å². The Labute approximate surface area is 107 Å². The van der Waals surface area contributed by atoms with Gasteiger partial charge in [0, 0.05) is 5.56 Å². The van der Waals surface area contributed by atoms with E-state index in [4.69, 9.17) is 5.73 Å². The Morgan fingerprint density at radius 1 is 1.41 bits per heavy atom. The van der Waals surface area contributed by atoms with Crippen molar-refractivity contribution in [3.05, 3.63) is 35.1 Å². The van der Waals surface area contributed by atoms with Gasteiger partial charge in [-0.05, 0) is 31.7 Å². The van der Waals surface area contributed by atoms with Gasteiger partial charge in [-0.2, -0.15) is 0 Å². The van der Waals surface area contributed by atoms with Gasteiger partial charge in [-0.1, -0.05) is 24.1 Å². The molecule has 1 saturated carbocycles. The molecule has 0 saturated heterocycles. The van der Waals surface area contributed by atoms with E-state index in [2.05, 4.69) is 0 Å². The molecule has 1 fully saturated rings. The molecule has 17 heavy (non-hydrogen) atoms. The second-order valence-electron chi connectivity index (χ2n) is 4.73. The summed E-state index contributed by atoms with van der Waals surface area (Å²) in [5.74, 6) is -0.0774. The summed E-state index contributed by atoms with van der Waals surface area (Å²) in [5, 5.41) is 10.0. The fourth-order valence-corrected chi connectivity index (χ4v) is 2.18. The van der Waals surface area contributed by atoms with Crippen molar-refractivity contribution in [1.29, 1.82) is 0 Å². The minimum atomic E-state index is -0.620. The summed E-state index contributed by atoms with van der Waals surface area (Å²) >= 11 is 0. The van der Waals surface area contributed by atoms with Crippen LogP contribution in [0.25, 0.3) is 0 Å². The van der Waals surface area contributed by atoms with Crippen LogP contribution in [0.2, 0.25) is 0 Å². The normalized spacial score (nSPS) is 19.1. The predicted octanol–water partition coefficient (Wildman–Crippen LogP) is 2.72. The van der Waals surface area contributed by atoms with Gasteiger partial charge >= 0.3 is 0 Å². The first-order valence-corrected chi connectivity index (χ1v) is 5.79. The molecule has 0 aromatic heterocycles. The summed E-state index contributed by atoms with van der Waals surface area (Å²) in [6.45, 7) is 1.89. The molecule has 1 aromatic carbocycles. The van der Waals surface area contributed by atoms with Crippen molar-refractivity contribution in [2.75, 3.05) is 0 Å². The average Bonchev–Trinajstić information content (AvgIpc) is 2.18. The Kier molecular flexibility index (Phi) is 4.92. The van der Waals surface area contributed by atoms with Gasteiger partial charge in [0.15, 0.2) is 0 Å². The molecule has 0 radical (unpaired) electrons. The second-order valence-corrected chi connectivity index (χ2v) is 4.73. The van der Waals surface area contributed by atoms with Crippen molar-refractivity contribution in [1.82, 2.24) is 0 Å². The average molecular weight is 260 g/mol. The zero-order valence-corrected chi connectivity index (χ0v) is 10.7. The molecule has 0 bridgehead atoms. The molecule has 0 spiro atoms. The summed E-state index contributed by atoms with van der Waals surface area (Å²) in [7, 11) is 0. The Morgan fingerprint density at radius 3 is 2.59 bits per heavy atom. The molecule has 1 aliphatic rings. The lowest BCUT2D eigenvalue weighted by Crippen LogP contribution is -2.36. The molecule has 1 aliphatic carbocycles. The zero-order valence-electron chi connectivity index (χ0n) is 9.90. The molecular weight excluding hydrogens is 241 g/mol. The summed E-state index contributed by atoms with van der Waals surface area (Å²) in [6.07, 6.45) is 2.53. The SMILES string of the molecule is Cc1ccc(F)c([C@H](N)[C@H](O)C2CCC2)c1.Cl. The van der Waals surface area contributed by atoms with Crippen LogP contribution in [-0.4, -0.2) is 11.2 Å². The highest BCUT2D eigenvalue weighted by Gasteiger charge is 2.31. The highest BCUT2D eigenvalue weighted by atomic mass is 35.5. The third-order valence-electron chi connectivity index (χ3n) is 3.51. The minimum absolute atomic E-state index is 0. The maximum absolute atomic E-state index is 13.6. The Hall–Kier alpha value is -0.640. The molecule has 0 unspecified atom stereocenters. The molecule has 0 aliphatic heterocycles. The fourth-order valence-electron chi connectivity index (χ4n) is 2.18. The van der Waals surface area contributed by atoms with Gasteiger partial charge in [0.25, 0.3) is 0 Å². The number of aliphatic hydroxyl groups is 1. The van der Waals surface area contributed by atoms with Crippen LogP contribution in [0.15, 0.2) is 18.2 Å². The molecule has 96 valence electrons. The maximum atomic E-state index is 13.6. The Morgan fingerprint density at radius 2 is 2.06 bits per heavy atom. The number of rotatable bonds is 3. The number of hydrogen-bond donors (Lipinski definition) is 2.